The van der Waals surface area contributed by atoms with Crippen LogP contribution in [-0.4, -0.2) is 11.1 Å². The van der Waals surface area contributed by atoms with Crippen LogP contribution in [0.25, 0.3) is 0 Å². The minimum Gasteiger partial charge on any atom is -0.478 e. The third-order valence-electron chi connectivity index (χ3n) is 2.38. The SMILES string of the molecule is Cl.Nc1ccc(Oc2ccc(Cl)cc2Cl)cc1C(=O)O. The minimum atomic E-state index is -1.12. The lowest BCUT2D eigenvalue weighted by Crippen LogP contribution is -2.02. The molecule has 7 heteroatoms. The third-order valence-corrected chi connectivity index (χ3v) is 2.91. The van der Waals surface area contributed by atoms with Crippen LogP contribution < -0.4 is 10.5 Å². The number of hydrogen-bond donors (Lipinski definition) is 2. The summed E-state index contributed by atoms with van der Waals surface area (Å²) in [5.41, 5.74) is 5.70. The number of halogens is 3. The van der Waals surface area contributed by atoms with Crippen molar-refractivity contribution >= 4 is 47.3 Å². The first-order valence-electron chi connectivity index (χ1n) is 5.23. The summed E-state index contributed by atoms with van der Waals surface area (Å²) >= 11 is 11.7. The van der Waals surface area contributed by atoms with E-state index in [2.05, 4.69) is 0 Å². The molecule has 0 saturated carbocycles. The van der Waals surface area contributed by atoms with Gasteiger partial charge in [0.1, 0.15) is 11.5 Å². The van der Waals surface area contributed by atoms with Gasteiger partial charge in [0.15, 0.2) is 0 Å². The Bertz CT molecular complexity index is 647. The van der Waals surface area contributed by atoms with E-state index in [9.17, 15) is 4.79 Å². The zero-order chi connectivity index (χ0) is 14.0. The van der Waals surface area contributed by atoms with Crippen LogP contribution in [0.15, 0.2) is 36.4 Å². The van der Waals surface area contributed by atoms with Gasteiger partial charge in [-0.25, -0.2) is 4.79 Å². The molecule has 0 radical (unpaired) electrons. The van der Waals surface area contributed by atoms with Crippen molar-refractivity contribution in [2.45, 2.75) is 0 Å². The van der Waals surface area contributed by atoms with Gasteiger partial charge in [0.05, 0.1) is 10.6 Å². The molecule has 2 aromatic carbocycles. The number of carboxylic acid groups (broad SMARTS) is 1. The fraction of sp³-hybridized carbons (Fsp3) is 0. The van der Waals surface area contributed by atoms with E-state index in [1.54, 1.807) is 18.2 Å². The Morgan fingerprint density at radius 1 is 1.15 bits per heavy atom. The van der Waals surface area contributed by atoms with Crippen molar-refractivity contribution in [3.63, 3.8) is 0 Å². The topological polar surface area (TPSA) is 72.5 Å². The predicted molar refractivity (Wildman–Crippen MR) is 81.6 cm³/mol. The van der Waals surface area contributed by atoms with Gasteiger partial charge < -0.3 is 15.6 Å². The normalized spacial score (nSPS) is 9.70. The Hall–Kier alpha value is -1.62. The van der Waals surface area contributed by atoms with Crippen molar-refractivity contribution in [1.29, 1.82) is 0 Å². The largest absolute Gasteiger partial charge is 0.478 e. The molecular weight excluding hydrogens is 325 g/mol. The molecule has 0 saturated heterocycles. The minimum absolute atomic E-state index is 0. The van der Waals surface area contributed by atoms with Gasteiger partial charge in [-0.2, -0.15) is 0 Å². The maximum absolute atomic E-state index is 11.0. The van der Waals surface area contributed by atoms with Crippen molar-refractivity contribution in [3.05, 3.63) is 52.0 Å². The van der Waals surface area contributed by atoms with Crippen LogP contribution in [0.3, 0.4) is 0 Å². The van der Waals surface area contributed by atoms with Crippen LogP contribution in [0.1, 0.15) is 10.4 Å². The smallest absolute Gasteiger partial charge is 0.337 e. The van der Waals surface area contributed by atoms with Gasteiger partial charge in [0.2, 0.25) is 0 Å². The van der Waals surface area contributed by atoms with Crippen molar-refractivity contribution in [1.82, 2.24) is 0 Å². The molecule has 0 atom stereocenters. The van der Waals surface area contributed by atoms with Gasteiger partial charge in [-0.3, -0.25) is 0 Å². The molecule has 4 nitrogen and oxygen atoms in total. The van der Waals surface area contributed by atoms with E-state index in [1.807, 2.05) is 0 Å². The average Bonchev–Trinajstić information content (AvgIpc) is 2.34. The molecule has 0 bridgehead atoms. The molecule has 2 rings (SSSR count). The fourth-order valence-corrected chi connectivity index (χ4v) is 1.92. The Morgan fingerprint density at radius 2 is 1.85 bits per heavy atom. The summed E-state index contributed by atoms with van der Waals surface area (Å²) in [4.78, 5) is 11.0. The summed E-state index contributed by atoms with van der Waals surface area (Å²) in [6, 6.07) is 9.12. The number of carboxylic acids is 1. The van der Waals surface area contributed by atoms with Gasteiger partial charge >= 0.3 is 5.97 Å². The second kappa shape index (κ2) is 6.70. The van der Waals surface area contributed by atoms with Crippen LogP contribution in [-0.2, 0) is 0 Å². The first-order chi connectivity index (χ1) is 8.97. The van der Waals surface area contributed by atoms with E-state index in [4.69, 9.17) is 38.8 Å². The molecule has 2 aromatic rings. The molecule has 0 fully saturated rings. The molecule has 106 valence electrons. The monoisotopic (exact) mass is 333 g/mol. The number of rotatable bonds is 3. The maximum atomic E-state index is 11.0. The van der Waals surface area contributed by atoms with Gasteiger partial charge in [0.25, 0.3) is 0 Å². The number of nitrogen functional groups attached to an aromatic ring is 1. The van der Waals surface area contributed by atoms with E-state index < -0.39 is 5.97 Å². The predicted octanol–water partition coefficient (Wildman–Crippen LogP) is 4.49. The Morgan fingerprint density at radius 3 is 2.45 bits per heavy atom. The average molecular weight is 335 g/mol. The molecule has 0 aromatic heterocycles. The maximum Gasteiger partial charge on any atom is 0.337 e. The van der Waals surface area contributed by atoms with Crippen molar-refractivity contribution in [3.8, 4) is 11.5 Å². The Balaban J connectivity index is 0.00000200. The highest BCUT2D eigenvalue weighted by molar-refractivity contribution is 6.35. The molecule has 0 heterocycles. The molecule has 0 spiro atoms. The Labute approximate surface area is 131 Å². The second-order valence-electron chi connectivity index (χ2n) is 3.73. The summed E-state index contributed by atoms with van der Waals surface area (Å²) in [7, 11) is 0. The second-order valence-corrected chi connectivity index (χ2v) is 4.57. The number of aromatic carboxylic acids is 1. The van der Waals surface area contributed by atoms with Crippen molar-refractivity contribution in [2.75, 3.05) is 5.73 Å². The number of ether oxygens (including phenoxy) is 1. The van der Waals surface area contributed by atoms with Crippen molar-refractivity contribution < 1.29 is 14.6 Å². The number of carbonyl (C=O) groups is 1. The van der Waals surface area contributed by atoms with Gasteiger partial charge in [-0.15, -0.1) is 12.4 Å². The standard InChI is InChI=1S/C13H9Cl2NO3.ClH/c14-7-1-4-12(10(15)5-7)19-8-2-3-11(16)9(6-8)13(17)18;/h1-6H,16H2,(H,17,18);1H. The van der Waals surface area contributed by atoms with Crippen LogP contribution >= 0.6 is 35.6 Å². The highest BCUT2D eigenvalue weighted by Gasteiger charge is 2.11. The number of hydrogen-bond acceptors (Lipinski definition) is 3. The van der Waals surface area contributed by atoms with Gasteiger partial charge in [-0.05, 0) is 36.4 Å². The molecule has 3 N–H and O–H groups in total. The fourth-order valence-electron chi connectivity index (χ4n) is 1.47. The van der Waals surface area contributed by atoms with Crippen LogP contribution in [0, 0.1) is 0 Å². The molecule has 0 unspecified atom stereocenters. The van der Waals surface area contributed by atoms with E-state index in [1.165, 1.54) is 18.2 Å². The van der Waals surface area contributed by atoms with Crippen molar-refractivity contribution in [2.24, 2.45) is 0 Å². The summed E-state index contributed by atoms with van der Waals surface area (Å²) < 4.78 is 5.50. The zero-order valence-electron chi connectivity index (χ0n) is 9.97. The first-order valence-corrected chi connectivity index (χ1v) is 5.98. The van der Waals surface area contributed by atoms with Gasteiger partial charge in [-0.1, -0.05) is 23.2 Å². The van der Waals surface area contributed by atoms with Crippen LogP contribution in [0.4, 0.5) is 5.69 Å². The molecule has 0 aliphatic heterocycles. The lowest BCUT2D eigenvalue weighted by molar-refractivity contribution is 0.0697. The van der Waals surface area contributed by atoms with Crippen LogP contribution in [0.2, 0.25) is 10.0 Å². The number of nitrogens with two attached hydrogens (primary N) is 1. The van der Waals surface area contributed by atoms with E-state index in [-0.39, 0.29) is 23.7 Å². The molecule has 20 heavy (non-hydrogen) atoms. The third kappa shape index (κ3) is 3.70. The summed E-state index contributed by atoms with van der Waals surface area (Å²) in [6.45, 7) is 0. The Kier molecular flexibility index (Phi) is 5.51. The summed E-state index contributed by atoms with van der Waals surface area (Å²) in [5, 5.41) is 9.79. The lowest BCUT2D eigenvalue weighted by Gasteiger charge is -2.09. The number of anilines is 1. The van der Waals surface area contributed by atoms with E-state index in [0.717, 1.165) is 0 Å². The summed E-state index contributed by atoms with van der Waals surface area (Å²) in [5.74, 6) is -0.409. The van der Waals surface area contributed by atoms with E-state index in [0.29, 0.717) is 21.5 Å². The van der Waals surface area contributed by atoms with Crippen LogP contribution in [0.5, 0.6) is 11.5 Å². The first kappa shape index (κ1) is 16.4. The lowest BCUT2D eigenvalue weighted by atomic mass is 10.2. The molecule has 0 aliphatic carbocycles. The molecular formula is C13H10Cl3NO3. The number of benzene rings is 2. The highest BCUT2D eigenvalue weighted by atomic mass is 35.5. The zero-order valence-corrected chi connectivity index (χ0v) is 12.3. The van der Waals surface area contributed by atoms with E-state index >= 15 is 0 Å². The molecule has 0 aliphatic rings. The highest BCUT2D eigenvalue weighted by Crippen LogP contribution is 2.32. The quantitative estimate of drug-likeness (QED) is 0.811. The summed E-state index contributed by atoms with van der Waals surface area (Å²) in [6.07, 6.45) is 0. The van der Waals surface area contributed by atoms with Gasteiger partial charge in [0, 0.05) is 10.7 Å². The molecule has 0 amide bonds.